The van der Waals surface area contributed by atoms with Gasteiger partial charge in [-0.1, -0.05) is 12.1 Å². The van der Waals surface area contributed by atoms with Crippen molar-refractivity contribution in [2.75, 3.05) is 0 Å². The summed E-state index contributed by atoms with van der Waals surface area (Å²) in [6.07, 6.45) is 3.04. The second-order valence-corrected chi connectivity index (χ2v) is 4.00. The van der Waals surface area contributed by atoms with E-state index in [1.54, 1.807) is 18.3 Å². The molecule has 0 fully saturated rings. The Labute approximate surface area is 99.1 Å². The van der Waals surface area contributed by atoms with Crippen LogP contribution in [-0.2, 0) is 0 Å². The number of nitrogens with zero attached hydrogens (tertiary/aromatic N) is 1. The standard InChI is InChI=1S/C14H12FNO/c1-9-3-4-13(14(15)5-9)12-6-11(10(2)17)7-16-8-12/h3-8H,1-2H3. The molecule has 0 amide bonds. The lowest BCUT2D eigenvalue weighted by Gasteiger charge is -2.05. The van der Waals surface area contributed by atoms with Crippen molar-refractivity contribution in [1.82, 2.24) is 4.98 Å². The quantitative estimate of drug-likeness (QED) is 0.739. The maximum Gasteiger partial charge on any atom is 0.161 e. The summed E-state index contributed by atoms with van der Waals surface area (Å²) < 4.78 is 13.8. The van der Waals surface area contributed by atoms with Crippen molar-refractivity contribution in [2.24, 2.45) is 0 Å². The molecule has 2 aromatic rings. The number of aryl methyl sites for hydroxylation is 1. The van der Waals surface area contributed by atoms with Gasteiger partial charge in [0.25, 0.3) is 0 Å². The first-order chi connectivity index (χ1) is 8.08. The molecule has 0 spiro atoms. The van der Waals surface area contributed by atoms with Crippen LogP contribution in [0.3, 0.4) is 0 Å². The molecule has 17 heavy (non-hydrogen) atoms. The minimum atomic E-state index is -0.299. The fourth-order valence-electron chi connectivity index (χ4n) is 1.63. The molecule has 0 saturated heterocycles. The third-order valence-electron chi connectivity index (χ3n) is 2.58. The van der Waals surface area contributed by atoms with Crippen LogP contribution in [0.15, 0.2) is 36.7 Å². The molecule has 3 heteroatoms. The largest absolute Gasteiger partial charge is 0.294 e. The number of hydrogen-bond acceptors (Lipinski definition) is 2. The number of carbonyl (C=O) groups excluding carboxylic acids is 1. The summed E-state index contributed by atoms with van der Waals surface area (Å²) in [5.41, 5.74) is 2.44. The summed E-state index contributed by atoms with van der Waals surface area (Å²) in [6, 6.07) is 6.66. The summed E-state index contributed by atoms with van der Waals surface area (Å²) in [5, 5.41) is 0. The third kappa shape index (κ3) is 2.38. The first-order valence-corrected chi connectivity index (χ1v) is 5.30. The number of carbonyl (C=O) groups is 1. The first kappa shape index (κ1) is 11.5. The third-order valence-corrected chi connectivity index (χ3v) is 2.58. The summed E-state index contributed by atoms with van der Waals surface area (Å²) in [7, 11) is 0. The van der Waals surface area contributed by atoms with E-state index in [0.29, 0.717) is 16.7 Å². The van der Waals surface area contributed by atoms with Gasteiger partial charge in [0.1, 0.15) is 5.82 Å². The molecule has 0 unspecified atom stereocenters. The predicted octanol–water partition coefficient (Wildman–Crippen LogP) is 3.40. The average molecular weight is 229 g/mol. The monoisotopic (exact) mass is 229 g/mol. The minimum Gasteiger partial charge on any atom is -0.294 e. The fourth-order valence-corrected chi connectivity index (χ4v) is 1.63. The van der Waals surface area contributed by atoms with E-state index in [2.05, 4.69) is 4.98 Å². The number of pyridine rings is 1. The lowest BCUT2D eigenvalue weighted by molar-refractivity contribution is 0.101. The van der Waals surface area contributed by atoms with Gasteiger partial charge in [-0.3, -0.25) is 9.78 Å². The Morgan fingerprint density at radius 2 is 2.00 bits per heavy atom. The number of benzene rings is 1. The molecule has 0 radical (unpaired) electrons. The normalized spacial score (nSPS) is 10.3. The molecule has 0 bridgehead atoms. The molecule has 2 rings (SSSR count). The number of ketones is 1. The van der Waals surface area contributed by atoms with Gasteiger partial charge >= 0.3 is 0 Å². The zero-order valence-corrected chi connectivity index (χ0v) is 9.70. The number of hydrogen-bond donors (Lipinski definition) is 0. The Kier molecular flexibility index (Phi) is 3.00. The molecule has 86 valence electrons. The number of aromatic nitrogens is 1. The van der Waals surface area contributed by atoms with Crippen LogP contribution in [0.4, 0.5) is 4.39 Å². The lowest BCUT2D eigenvalue weighted by Crippen LogP contribution is -1.95. The summed E-state index contributed by atoms with van der Waals surface area (Å²) in [6.45, 7) is 3.30. The van der Waals surface area contributed by atoms with Crippen molar-refractivity contribution < 1.29 is 9.18 Å². The Morgan fingerprint density at radius 1 is 1.24 bits per heavy atom. The first-order valence-electron chi connectivity index (χ1n) is 5.30. The summed E-state index contributed by atoms with van der Waals surface area (Å²) in [5.74, 6) is -0.376. The van der Waals surface area contributed by atoms with Crippen molar-refractivity contribution in [3.05, 3.63) is 53.6 Å². The average Bonchev–Trinajstić information content (AvgIpc) is 2.29. The highest BCUT2D eigenvalue weighted by Gasteiger charge is 2.07. The maximum atomic E-state index is 13.8. The van der Waals surface area contributed by atoms with E-state index in [-0.39, 0.29) is 11.6 Å². The second-order valence-electron chi connectivity index (χ2n) is 4.00. The van der Waals surface area contributed by atoms with Crippen LogP contribution >= 0.6 is 0 Å². The van der Waals surface area contributed by atoms with E-state index < -0.39 is 0 Å². The number of Topliss-reactive ketones (excluding diaryl/α,β-unsaturated/α-hetero) is 1. The van der Waals surface area contributed by atoms with Gasteiger partial charge in [0.2, 0.25) is 0 Å². The zero-order valence-electron chi connectivity index (χ0n) is 9.70. The number of rotatable bonds is 2. The van der Waals surface area contributed by atoms with Crippen LogP contribution < -0.4 is 0 Å². The molecular formula is C14H12FNO. The Hall–Kier alpha value is -2.03. The van der Waals surface area contributed by atoms with E-state index in [0.717, 1.165) is 5.56 Å². The van der Waals surface area contributed by atoms with Crippen molar-refractivity contribution in [3.63, 3.8) is 0 Å². The van der Waals surface area contributed by atoms with Gasteiger partial charge in [-0.25, -0.2) is 4.39 Å². The molecule has 0 aliphatic heterocycles. The highest BCUT2D eigenvalue weighted by atomic mass is 19.1. The highest BCUT2D eigenvalue weighted by Crippen LogP contribution is 2.23. The Bertz CT molecular complexity index is 578. The van der Waals surface area contributed by atoms with E-state index in [4.69, 9.17) is 0 Å². The predicted molar refractivity (Wildman–Crippen MR) is 64.4 cm³/mol. The van der Waals surface area contributed by atoms with Crippen LogP contribution in [0.2, 0.25) is 0 Å². The summed E-state index contributed by atoms with van der Waals surface area (Å²) >= 11 is 0. The smallest absolute Gasteiger partial charge is 0.161 e. The van der Waals surface area contributed by atoms with Gasteiger partial charge in [-0.15, -0.1) is 0 Å². The SMILES string of the molecule is CC(=O)c1cncc(-c2ccc(C)cc2F)c1. The van der Waals surface area contributed by atoms with Crippen LogP contribution in [0, 0.1) is 12.7 Å². The molecule has 0 N–H and O–H groups in total. The Balaban J connectivity index is 2.53. The van der Waals surface area contributed by atoms with Crippen molar-refractivity contribution in [1.29, 1.82) is 0 Å². The van der Waals surface area contributed by atoms with E-state index >= 15 is 0 Å². The lowest BCUT2D eigenvalue weighted by atomic mass is 10.0. The molecular weight excluding hydrogens is 217 g/mol. The fraction of sp³-hybridized carbons (Fsp3) is 0.143. The molecule has 1 heterocycles. The van der Waals surface area contributed by atoms with E-state index in [1.807, 2.05) is 13.0 Å². The van der Waals surface area contributed by atoms with E-state index in [9.17, 15) is 9.18 Å². The molecule has 2 nitrogen and oxygen atoms in total. The van der Waals surface area contributed by atoms with Gasteiger partial charge in [0.05, 0.1) is 0 Å². The Morgan fingerprint density at radius 3 is 2.65 bits per heavy atom. The molecule has 0 aliphatic carbocycles. The van der Waals surface area contributed by atoms with Crippen molar-refractivity contribution in [3.8, 4) is 11.1 Å². The molecule has 1 aromatic heterocycles. The molecule has 0 atom stereocenters. The molecule has 0 aliphatic rings. The van der Waals surface area contributed by atoms with Crippen molar-refractivity contribution in [2.45, 2.75) is 13.8 Å². The summed E-state index contributed by atoms with van der Waals surface area (Å²) in [4.78, 5) is 15.2. The van der Waals surface area contributed by atoms with Crippen LogP contribution in [0.25, 0.3) is 11.1 Å². The highest BCUT2D eigenvalue weighted by molar-refractivity contribution is 5.94. The molecule has 1 aromatic carbocycles. The van der Waals surface area contributed by atoms with E-state index in [1.165, 1.54) is 19.2 Å². The molecule has 0 saturated carbocycles. The van der Waals surface area contributed by atoms with Crippen LogP contribution in [0.5, 0.6) is 0 Å². The van der Waals surface area contributed by atoms with Crippen molar-refractivity contribution >= 4 is 5.78 Å². The van der Waals surface area contributed by atoms with Gasteiger partial charge in [-0.2, -0.15) is 0 Å². The zero-order chi connectivity index (χ0) is 12.4. The van der Waals surface area contributed by atoms with Gasteiger partial charge < -0.3 is 0 Å². The topological polar surface area (TPSA) is 30.0 Å². The number of halogens is 1. The van der Waals surface area contributed by atoms with Gasteiger partial charge in [0, 0.05) is 29.1 Å². The van der Waals surface area contributed by atoms with Gasteiger partial charge in [-0.05, 0) is 31.5 Å². The second kappa shape index (κ2) is 4.45. The van der Waals surface area contributed by atoms with Crippen LogP contribution in [-0.4, -0.2) is 10.8 Å². The van der Waals surface area contributed by atoms with Gasteiger partial charge in [0.15, 0.2) is 5.78 Å². The maximum absolute atomic E-state index is 13.8. The minimum absolute atomic E-state index is 0.0770. The van der Waals surface area contributed by atoms with Crippen LogP contribution in [0.1, 0.15) is 22.8 Å².